The van der Waals surface area contributed by atoms with Crippen LogP contribution in [0.4, 0.5) is 4.79 Å². The van der Waals surface area contributed by atoms with Gasteiger partial charge in [0, 0.05) is 50.9 Å². The molecule has 0 unspecified atom stereocenters. The van der Waals surface area contributed by atoms with Gasteiger partial charge in [0.1, 0.15) is 11.9 Å². The van der Waals surface area contributed by atoms with Crippen LogP contribution in [-0.2, 0) is 9.47 Å². The Morgan fingerprint density at radius 2 is 1.80 bits per heavy atom. The SMILES string of the molecule is CCOC(=O)N1CCC(N2CC(Oc3cccc(C(=O)N4CCOCC4)c3)C2)CC1. The first-order valence-corrected chi connectivity index (χ1v) is 10.9. The summed E-state index contributed by atoms with van der Waals surface area (Å²) >= 11 is 0. The standard InChI is InChI=1S/C22H31N3O5/c1-2-29-22(27)24-8-6-18(7-9-24)25-15-20(16-25)30-19-5-3-4-17(14-19)21(26)23-10-12-28-13-11-23/h3-5,14,18,20H,2,6-13,15-16H2,1H3. The molecular weight excluding hydrogens is 386 g/mol. The van der Waals surface area contributed by atoms with Crippen molar-refractivity contribution < 1.29 is 23.8 Å². The van der Waals surface area contributed by atoms with E-state index in [4.69, 9.17) is 14.2 Å². The average molecular weight is 418 g/mol. The second-order valence-corrected chi connectivity index (χ2v) is 8.04. The predicted molar refractivity (Wildman–Crippen MR) is 111 cm³/mol. The Morgan fingerprint density at radius 1 is 1.07 bits per heavy atom. The van der Waals surface area contributed by atoms with E-state index in [2.05, 4.69) is 4.90 Å². The number of amides is 2. The van der Waals surface area contributed by atoms with Crippen molar-refractivity contribution in [3.63, 3.8) is 0 Å². The van der Waals surface area contributed by atoms with E-state index >= 15 is 0 Å². The van der Waals surface area contributed by atoms with Crippen LogP contribution in [-0.4, -0.2) is 97.9 Å². The zero-order chi connectivity index (χ0) is 20.9. The molecule has 8 heteroatoms. The van der Waals surface area contributed by atoms with Crippen LogP contribution in [0.25, 0.3) is 0 Å². The maximum Gasteiger partial charge on any atom is 0.409 e. The normalized spacial score (nSPS) is 21.2. The maximum atomic E-state index is 12.7. The van der Waals surface area contributed by atoms with Gasteiger partial charge in [-0.25, -0.2) is 4.79 Å². The minimum absolute atomic E-state index is 0.0346. The summed E-state index contributed by atoms with van der Waals surface area (Å²) in [6.07, 6.45) is 1.87. The van der Waals surface area contributed by atoms with Crippen LogP contribution in [0.1, 0.15) is 30.1 Å². The molecule has 1 aromatic rings. The minimum atomic E-state index is -0.202. The molecule has 0 atom stereocenters. The molecule has 0 aliphatic carbocycles. The molecule has 4 rings (SSSR count). The van der Waals surface area contributed by atoms with Gasteiger partial charge in [0.25, 0.3) is 5.91 Å². The molecule has 0 spiro atoms. The first-order chi connectivity index (χ1) is 14.6. The van der Waals surface area contributed by atoms with Crippen LogP contribution in [0.2, 0.25) is 0 Å². The smallest absolute Gasteiger partial charge is 0.409 e. The van der Waals surface area contributed by atoms with Crippen LogP contribution < -0.4 is 4.74 Å². The highest BCUT2D eigenvalue weighted by Crippen LogP contribution is 2.26. The van der Waals surface area contributed by atoms with Crippen LogP contribution in [0.15, 0.2) is 24.3 Å². The van der Waals surface area contributed by atoms with Crippen LogP contribution >= 0.6 is 0 Å². The summed E-state index contributed by atoms with van der Waals surface area (Å²) in [5, 5.41) is 0. The molecule has 3 heterocycles. The second kappa shape index (κ2) is 9.66. The number of likely N-dealkylation sites (tertiary alicyclic amines) is 2. The van der Waals surface area contributed by atoms with Crippen molar-refractivity contribution in [2.24, 2.45) is 0 Å². The highest BCUT2D eigenvalue weighted by atomic mass is 16.6. The number of piperidine rings is 1. The van der Waals surface area contributed by atoms with Crippen LogP contribution in [0.3, 0.4) is 0 Å². The number of ether oxygens (including phenoxy) is 3. The average Bonchev–Trinajstić information content (AvgIpc) is 2.76. The number of rotatable bonds is 5. The molecule has 1 aromatic carbocycles. The summed E-state index contributed by atoms with van der Waals surface area (Å²) in [6, 6.07) is 7.97. The fourth-order valence-electron chi connectivity index (χ4n) is 4.31. The summed E-state index contributed by atoms with van der Waals surface area (Å²) < 4.78 is 16.5. The molecule has 3 aliphatic heterocycles. The lowest BCUT2D eigenvalue weighted by molar-refractivity contribution is -0.0261. The number of hydrogen-bond acceptors (Lipinski definition) is 6. The lowest BCUT2D eigenvalue weighted by atomic mass is 9.98. The van der Waals surface area contributed by atoms with Crippen molar-refractivity contribution in [1.82, 2.24) is 14.7 Å². The molecule has 164 valence electrons. The van der Waals surface area contributed by atoms with Gasteiger partial charge in [0.2, 0.25) is 0 Å². The number of nitrogens with zero attached hydrogens (tertiary/aromatic N) is 3. The summed E-state index contributed by atoms with van der Waals surface area (Å²) in [5.41, 5.74) is 0.664. The molecular formula is C22H31N3O5. The highest BCUT2D eigenvalue weighted by Gasteiger charge is 2.36. The third kappa shape index (κ3) is 4.87. The zero-order valence-electron chi connectivity index (χ0n) is 17.6. The summed E-state index contributed by atoms with van der Waals surface area (Å²) in [5.74, 6) is 0.781. The molecule has 3 fully saturated rings. The third-order valence-corrected chi connectivity index (χ3v) is 6.07. The van der Waals surface area contributed by atoms with Crippen molar-refractivity contribution in [3.05, 3.63) is 29.8 Å². The van der Waals surface area contributed by atoms with Crippen LogP contribution in [0, 0.1) is 0 Å². The van der Waals surface area contributed by atoms with E-state index in [0.717, 1.165) is 44.8 Å². The minimum Gasteiger partial charge on any atom is -0.488 e. The fourth-order valence-corrected chi connectivity index (χ4v) is 4.31. The molecule has 8 nitrogen and oxygen atoms in total. The second-order valence-electron chi connectivity index (χ2n) is 8.04. The molecule has 0 bridgehead atoms. The van der Waals surface area contributed by atoms with Gasteiger partial charge in [-0.05, 0) is 38.0 Å². The van der Waals surface area contributed by atoms with E-state index in [1.807, 2.05) is 36.1 Å². The maximum absolute atomic E-state index is 12.7. The molecule has 0 aromatic heterocycles. The molecule has 3 aliphatic rings. The number of carbonyl (C=O) groups is 2. The van der Waals surface area contributed by atoms with E-state index < -0.39 is 0 Å². The van der Waals surface area contributed by atoms with Crippen molar-refractivity contribution in [1.29, 1.82) is 0 Å². The highest BCUT2D eigenvalue weighted by molar-refractivity contribution is 5.94. The lowest BCUT2D eigenvalue weighted by Crippen LogP contribution is -2.60. The van der Waals surface area contributed by atoms with E-state index in [1.165, 1.54) is 0 Å². The Balaban J connectivity index is 1.23. The lowest BCUT2D eigenvalue weighted by Gasteiger charge is -2.46. The van der Waals surface area contributed by atoms with Crippen molar-refractivity contribution in [3.8, 4) is 5.75 Å². The van der Waals surface area contributed by atoms with Gasteiger partial charge in [-0.2, -0.15) is 0 Å². The van der Waals surface area contributed by atoms with Crippen molar-refractivity contribution in [2.75, 3.05) is 59.1 Å². The van der Waals surface area contributed by atoms with E-state index in [1.54, 1.807) is 4.90 Å². The van der Waals surface area contributed by atoms with Gasteiger partial charge < -0.3 is 24.0 Å². The van der Waals surface area contributed by atoms with Gasteiger partial charge in [-0.15, -0.1) is 0 Å². The van der Waals surface area contributed by atoms with Gasteiger partial charge in [-0.1, -0.05) is 6.07 Å². The molecule has 3 saturated heterocycles. The van der Waals surface area contributed by atoms with Crippen LogP contribution in [0.5, 0.6) is 5.75 Å². The molecule has 0 N–H and O–H groups in total. The van der Waals surface area contributed by atoms with E-state index in [0.29, 0.717) is 44.5 Å². The van der Waals surface area contributed by atoms with E-state index in [-0.39, 0.29) is 18.1 Å². The number of benzene rings is 1. The van der Waals surface area contributed by atoms with E-state index in [9.17, 15) is 9.59 Å². The Hall–Kier alpha value is -2.32. The zero-order valence-corrected chi connectivity index (χ0v) is 17.6. The number of carbonyl (C=O) groups excluding carboxylic acids is 2. The quantitative estimate of drug-likeness (QED) is 0.728. The van der Waals surface area contributed by atoms with Crippen molar-refractivity contribution >= 4 is 12.0 Å². The number of morpholine rings is 1. The van der Waals surface area contributed by atoms with Gasteiger partial charge in [0.05, 0.1) is 19.8 Å². The summed E-state index contributed by atoms with van der Waals surface area (Å²) in [7, 11) is 0. The topological polar surface area (TPSA) is 71.6 Å². The predicted octanol–water partition coefficient (Wildman–Crippen LogP) is 1.84. The molecule has 2 amide bonds. The Bertz CT molecular complexity index is 738. The largest absolute Gasteiger partial charge is 0.488 e. The summed E-state index contributed by atoms with van der Waals surface area (Å²) in [4.78, 5) is 30.5. The Labute approximate surface area is 177 Å². The Kier molecular flexibility index (Phi) is 6.74. The monoisotopic (exact) mass is 417 g/mol. The third-order valence-electron chi connectivity index (χ3n) is 6.07. The first kappa shape index (κ1) is 20.9. The van der Waals surface area contributed by atoms with Gasteiger partial charge >= 0.3 is 6.09 Å². The molecule has 0 saturated carbocycles. The van der Waals surface area contributed by atoms with Crippen molar-refractivity contribution in [2.45, 2.75) is 31.9 Å². The Morgan fingerprint density at radius 3 is 2.50 bits per heavy atom. The van der Waals surface area contributed by atoms with Gasteiger partial charge in [-0.3, -0.25) is 9.69 Å². The molecule has 0 radical (unpaired) electrons. The number of hydrogen-bond donors (Lipinski definition) is 0. The molecule has 30 heavy (non-hydrogen) atoms. The van der Waals surface area contributed by atoms with Gasteiger partial charge in [0.15, 0.2) is 0 Å². The fraction of sp³-hybridized carbons (Fsp3) is 0.636. The summed E-state index contributed by atoms with van der Waals surface area (Å²) in [6.45, 7) is 7.97. The first-order valence-electron chi connectivity index (χ1n) is 10.9.